The van der Waals surface area contributed by atoms with Gasteiger partial charge in [-0.15, -0.1) is 0 Å². The van der Waals surface area contributed by atoms with Crippen molar-refractivity contribution in [2.75, 3.05) is 19.7 Å². The van der Waals surface area contributed by atoms with Crippen LogP contribution in [0.5, 0.6) is 0 Å². The van der Waals surface area contributed by atoms with Gasteiger partial charge < -0.3 is 10.0 Å². The van der Waals surface area contributed by atoms with Gasteiger partial charge in [-0.2, -0.15) is 0 Å². The monoisotopic (exact) mass is 257 g/mol. The van der Waals surface area contributed by atoms with Crippen molar-refractivity contribution in [3.05, 3.63) is 35.4 Å². The third-order valence-electron chi connectivity index (χ3n) is 2.56. The van der Waals surface area contributed by atoms with Gasteiger partial charge in [-0.3, -0.25) is 4.79 Å². The van der Waals surface area contributed by atoms with Gasteiger partial charge in [-0.1, -0.05) is 29.8 Å². The van der Waals surface area contributed by atoms with Gasteiger partial charge in [0.05, 0.1) is 19.6 Å². The molecule has 0 unspecified atom stereocenters. The molecule has 0 atom stereocenters. The highest BCUT2D eigenvalue weighted by Gasteiger charge is 2.17. The number of nitrogens with zero attached hydrogens (tertiary/aromatic N) is 1. The number of aryl methyl sites for hydroxylation is 1. The van der Waals surface area contributed by atoms with E-state index >= 15 is 0 Å². The Morgan fingerprint density at radius 1 is 1.33 bits per heavy atom. The molecule has 0 saturated carbocycles. The first-order chi connectivity index (χ1) is 8.52. The van der Waals surface area contributed by atoms with E-state index in [-0.39, 0.29) is 19.6 Å². The van der Waals surface area contributed by atoms with Crippen LogP contribution in [0.2, 0.25) is 0 Å². The summed E-state index contributed by atoms with van der Waals surface area (Å²) >= 11 is 0. The van der Waals surface area contributed by atoms with Crippen molar-refractivity contribution in [3.8, 4) is 0 Å². The van der Waals surface area contributed by atoms with Crippen molar-refractivity contribution in [2.24, 2.45) is 0 Å². The second kappa shape index (κ2) is 7.06. The Labute approximate surface area is 105 Å². The molecule has 0 fully saturated rings. The number of benzene rings is 1. The van der Waals surface area contributed by atoms with E-state index in [9.17, 15) is 13.6 Å². The zero-order valence-electron chi connectivity index (χ0n) is 10.3. The molecule has 5 heteroatoms. The second-order valence-corrected chi connectivity index (χ2v) is 4.12. The molecule has 0 radical (unpaired) electrons. The highest BCUT2D eigenvalue weighted by Crippen LogP contribution is 2.07. The van der Waals surface area contributed by atoms with Crippen molar-refractivity contribution in [1.82, 2.24) is 4.90 Å². The van der Waals surface area contributed by atoms with Gasteiger partial charge in [-0.25, -0.2) is 8.78 Å². The summed E-state index contributed by atoms with van der Waals surface area (Å²) in [6.07, 6.45) is -2.51. The molecule has 0 heterocycles. The zero-order chi connectivity index (χ0) is 13.5. The summed E-state index contributed by atoms with van der Waals surface area (Å²) in [5, 5.41) is 8.76. The van der Waals surface area contributed by atoms with Gasteiger partial charge in [0.15, 0.2) is 0 Å². The SMILES string of the molecule is Cc1ccc(CC(=O)N(CCO)CC(F)F)cc1. The molecule has 0 spiro atoms. The minimum Gasteiger partial charge on any atom is -0.395 e. The molecule has 0 aliphatic heterocycles. The van der Waals surface area contributed by atoms with Crippen LogP contribution in [-0.4, -0.2) is 42.0 Å². The lowest BCUT2D eigenvalue weighted by molar-refractivity contribution is -0.133. The predicted octanol–water partition coefficient (Wildman–Crippen LogP) is 1.62. The maximum Gasteiger partial charge on any atom is 0.255 e. The van der Waals surface area contributed by atoms with E-state index in [0.717, 1.165) is 16.0 Å². The fourth-order valence-corrected chi connectivity index (χ4v) is 1.60. The molecular formula is C13H17F2NO2. The summed E-state index contributed by atoms with van der Waals surface area (Å²) < 4.78 is 24.6. The summed E-state index contributed by atoms with van der Waals surface area (Å²) in [4.78, 5) is 12.8. The maximum atomic E-state index is 12.3. The maximum absolute atomic E-state index is 12.3. The first-order valence-electron chi connectivity index (χ1n) is 5.75. The molecule has 0 aliphatic rings. The van der Waals surface area contributed by atoms with Crippen LogP contribution in [0.3, 0.4) is 0 Å². The summed E-state index contributed by atoms with van der Waals surface area (Å²) in [5.74, 6) is -0.395. The van der Waals surface area contributed by atoms with Crippen molar-refractivity contribution in [3.63, 3.8) is 0 Å². The van der Waals surface area contributed by atoms with Gasteiger partial charge in [0, 0.05) is 6.54 Å². The van der Waals surface area contributed by atoms with Crippen LogP contribution in [0, 0.1) is 6.92 Å². The molecule has 1 amide bonds. The Kier molecular flexibility index (Phi) is 5.71. The number of halogens is 2. The number of hydrogen-bond donors (Lipinski definition) is 1. The zero-order valence-corrected chi connectivity index (χ0v) is 10.3. The molecule has 1 aromatic rings. The van der Waals surface area contributed by atoms with Gasteiger partial charge in [-0.05, 0) is 12.5 Å². The van der Waals surface area contributed by atoms with Gasteiger partial charge in [0.1, 0.15) is 0 Å². The number of hydrogen-bond acceptors (Lipinski definition) is 2. The van der Waals surface area contributed by atoms with Crippen molar-refractivity contribution in [2.45, 2.75) is 19.8 Å². The Morgan fingerprint density at radius 3 is 2.44 bits per heavy atom. The third kappa shape index (κ3) is 4.79. The molecule has 0 saturated heterocycles. The molecular weight excluding hydrogens is 240 g/mol. The Morgan fingerprint density at radius 2 is 1.94 bits per heavy atom. The number of amides is 1. The van der Waals surface area contributed by atoms with Crippen molar-refractivity contribution < 1.29 is 18.7 Å². The summed E-state index contributed by atoms with van der Waals surface area (Å²) in [7, 11) is 0. The van der Waals surface area contributed by atoms with E-state index < -0.39 is 18.9 Å². The smallest absolute Gasteiger partial charge is 0.255 e. The van der Waals surface area contributed by atoms with Crippen LogP contribution >= 0.6 is 0 Å². The number of carbonyl (C=O) groups is 1. The normalized spacial score (nSPS) is 10.7. The summed E-state index contributed by atoms with van der Waals surface area (Å²) in [5.41, 5.74) is 1.86. The highest BCUT2D eigenvalue weighted by atomic mass is 19.3. The fraction of sp³-hybridized carbons (Fsp3) is 0.462. The van der Waals surface area contributed by atoms with Crippen LogP contribution in [-0.2, 0) is 11.2 Å². The Bertz CT molecular complexity index is 379. The average molecular weight is 257 g/mol. The Hall–Kier alpha value is -1.49. The minimum absolute atomic E-state index is 0.0605. The number of alkyl halides is 2. The van der Waals surface area contributed by atoms with E-state index in [1.807, 2.05) is 19.1 Å². The number of aliphatic hydroxyl groups excluding tert-OH is 1. The van der Waals surface area contributed by atoms with E-state index in [1.165, 1.54) is 0 Å². The van der Waals surface area contributed by atoms with E-state index in [1.54, 1.807) is 12.1 Å². The van der Waals surface area contributed by atoms with Crippen LogP contribution in [0.1, 0.15) is 11.1 Å². The predicted molar refractivity (Wildman–Crippen MR) is 64.6 cm³/mol. The largest absolute Gasteiger partial charge is 0.395 e. The van der Waals surface area contributed by atoms with Crippen molar-refractivity contribution >= 4 is 5.91 Å². The van der Waals surface area contributed by atoms with Crippen LogP contribution < -0.4 is 0 Å². The second-order valence-electron chi connectivity index (χ2n) is 4.12. The fourth-order valence-electron chi connectivity index (χ4n) is 1.60. The van der Waals surface area contributed by atoms with Crippen LogP contribution in [0.4, 0.5) is 8.78 Å². The lowest BCUT2D eigenvalue weighted by Gasteiger charge is -2.21. The first kappa shape index (κ1) is 14.6. The standard InChI is InChI=1S/C13H17F2NO2/c1-10-2-4-11(5-3-10)8-13(18)16(6-7-17)9-12(14)15/h2-5,12,17H,6-9H2,1H3. The molecule has 1 aromatic carbocycles. The molecule has 1 N–H and O–H groups in total. The van der Waals surface area contributed by atoms with Gasteiger partial charge in [0.2, 0.25) is 5.91 Å². The van der Waals surface area contributed by atoms with Gasteiger partial charge >= 0.3 is 0 Å². The molecule has 18 heavy (non-hydrogen) atoms. The van der Waals surface area contributed by atoms with Crippen LogP contribution in [0.25, 0.3) is 0 Å². The molecule has 0 aliphatic carbocycles. The summed E-state index contributed by atoms with van der Waals surface area (Å²) in [6, 6.07) is 7.33. The lowest BCUT2D eigenvalue weighted by atomic mass is 10.1. The molecule has 3 nitrogen and oxygen atoms in total. The molecule has 0 aromatic heterocycles. The third-order valence-corrected chi connectivity index (χ3v) is 2.56. The molecule has 1 rings (SSSR count). The van der Waals surface area contributed by atoms with Gasteiger partial charge in [0.25, 0.3) is 6.43 Å². The number of carbonyl (C=O) groups excluding carboxylic acids is 1. The topological polar surface area (TPSA) is 40.5 Å². The minimum atomic E-state index is -2.58. The first-order valence-corrected chi connectivity index (χ1v) is 5.75. The van der Waals surface area contributed by atoms with E-state index in [0.29, 0.717) is 0 Å². The summed E-state index contributed by atoms with van der Waals surface area (Å²) in [6.45, 7) is 0.924. The lowest BCUT2D eigenvalue weighted by Crippen LogP contribution is -2.38. The number of aliphatic hydroxyl groups is 1. The highest BCUT2D eigenvalue weighted by molar-refractivity contribution is 5.78. The van der Waals surface area contributed by atoms with Crippen LogP contribution in [0.15, 0.2) is 24.3 Å². The van der Waals surface area contributed by atoms with Crippen molar-refractivity contribution in [1.29, 1.82) is 0 Å². The quantitative estimate of drug-likeness (QED) is 0.841. The Balaban J connectivity index is 2.63. The molecule has 100 valence electrons. The average Bonchev–Trinajstić information content (AvgIpc) is 2.31. The van der Waals surface area contributed by atoms with E-state index in [2.05, 4.69) is 0 Å². The van der Waals surface area contributed by atoms with E-state index in [4.69, 9.17) is 5.11 Å². The molecule has 0 bridgehead atoms. The number of rotatable bonds is 6.